The second kappa shape index (κ2) is 50.5. The van der Waals surface area contributed by atoms with E-state index in [-0.39, 0.29) is 31.1 Å². The normalized spacial score (nSPS) is 12.1. The Morgan fingerprint density at radius 1 is 0.311 bits per heavy atom. The fourth-order valence-corrected chi connectivity index (χ4v) is 7.84. The lowest BCUT2D eigenvalue weighted by atomic mass is 10.0. The summed E-state index contributed by atoms with van der Waals surface area (Å²) < 4.78 is 16.8. The summed E-state index contributed by atoms with van der Waals surface area (Å²) in [5.41, 5.74) is 0. The average molecular weight is 859 g/mol. The van der Waals surface area contributed by atoms with Crippen LogP contribution in [0, 0.1) is 0 Å². The van der Waals surface area contributed by atoms with Crippen LogP contribution in [-0.4, -0.2) is 37.2 Å². The Labute approximate surface area is 379 Å². The zero-order valence-corrected chi connectivity index (χ0v) is 40.9. The van der Waals surface area contributed by atoms with Gasteiger partial charge in [-0.1, -0.05) is 225 Å². The molecule has 0 fully saturated rings. The van der Waals surface area contributed by atoms with Gasteiger partial charge >= 0.3 is 17.9 Å². The SMILES string of the molecule is CCCCC/C=C\CCCCCCCC(=O)OC[C@H](COC(=O)CCCCCCCCCCCCCCCCCCCCC)OC(=O)CCCCCCC/C=C\CCCCC. The minimum Gasteiger partial charge on any atom is -0.462 e. The maximum Gasteiger partial charge on any atom is 0.306 e. The number of esters is 3. The molecule has 6 heteroatoms. The van der Waals surface area contributed by atoms with Crippen molar-refractivity contribution in [2.24, 2.45) is 0 Å². The van der Waals surface area contributed by atoms with Crippen LogP contribution in [0.3, 0.4) is 0 Å². The summed E-state index contributed by atoms with van der Waals surface area (Å²) in [6.07, 6.45) is 57.4. The fourth-order valence-electron chi connectivity index (χ4n) is 7.84. The monoisotopic (exact) mass is 859 g/mol. The minimum atomic E-state index is -0.773. The Bertz CT molecular complexity index is 989. The lowest BCUT2D eigenvalue weighted by molar-refractivity contribution is -0.167. The number of carbonyl (C=O) groups excluding carboxylic acids is 3. The smallest absolute Gasteiger partial charge is 0.306 e. The molecule has 0 aromatic heterocycles. The van der Waals surface area contributed by atoms with Crippen LogP contribution in [0.15, 0.2) is 24.3 Å². The van der Waals surface area contributed by atoms with Gasteiger partial charge in [-0.25, -0.2) is 0 Å². The molecule has 0 rings (SSSR count). The van der Waals surface area contributed by atoms with E-state index in [0.717, 1.165) is 70.6 Å². The van der Waals surface area contributed by atoms with Gasteiger partial charge in [-0.3, -0.25) is 14.4 Å². The third-order valence-corrected chi connectivity index (χ3v) is 11.9. The first-order valence-corrected chi connectivity index (χ1v) is 26.8. The molecule has 0 heterocycles. The minimum absolute atomic E-state index is 0.0734. The van der Waals surface area contributed by atoms with Crippen molar-refractivity contribution in [3.63, 3.8) is 0 Å². The second-order valence-corrected chi connectivity index (χ2v) is 18.1. The van der Waals surface area contributed by atoms with E-state index in [1.165, 1.54) is 180 Å². The number of hydrogen-bond donors (Lipinski definition) is 0. The van der Waals surface area contributed by atoms with E-state index >= 15 is 0 Å². The highest BCUT2D eigenvalue weighted by atomic mass is 16.6. The number of ether oxygens (including phenoxy) is 3. The van der Waals surface area contributed by atoms with Crippen LogP contribution in [-0.2, 0) is 28.6 Å². The number of rotatable bonds is 49. The van der Waals surface area contributed by atoms with Crippen molar-refractivity contribution in [3.8, 4) is 0 Å². The van der Waals surface area contributed by atoms with Crippen LogP contribution < -0.4 is 0 Å². The molecular formula is C55H102O6. The van der Waals surface area contributed by atoms with Gasteiger partial charge in [0.2, 0.25) is 0 Å². The van der Waals surface area contributed by atoms with Gasteiger partial charge in [0.05, 0.1) is 0 Å². The van der Waals surface area contributed by atoms with Crippen LogP contribution in [0.2, 0.25) is 0 Å². The molecule has 0 aliphatic carbocycles. The quantitative estimate of drug-likeness (QED) is 0.0262. The Hall–Kier alpha value is -2.11. The van der Waals surface area contributed by atoms with Crippen LogP contribution in [0.1, 0.15) is 290 Å². The first-order chi connectivity index (χ1) is 30.0. The molecular weight excluding hydrogens is 757 g/mol. The molecule has 358 valence electrons. The molecule has 0 spiro atoms. The van der Waals surface area contributed by atoms with Gasteiger partial charge in [0.15, 0.2) is 6.10 Å². The van der Waals surface area contributed by atoms with Crippen LogP contribution in [0.5, 0.6) is 0 Å². The highest BCUT2D eigenvalue weighted by molar-refractivity contribution is 5.71. The summed E-state index contributed by atoms with van der Waals surface area (Å²) in [4.78, 5) is 37.9. The fraction of sp³-hybridized carbons (Fsp3) is 0.873. The van der Waals surface area contributed by atoms with Gasteiger partial charge in [0, 0.05) is 19.3 Å². The lowest BCUT2D eigenvalue weighted by Crippen LogP contribution is -2.30. The number of unbranched alkanes of at least 4 members (excludes halogenated alkanes) is 34. The van der Waals surface area contributed by atoms with Crippen molar-refractivity contribution in [2.45, 2.75) is 297 Å². The number of carbonyl (C=O) groups is 3. The molecule has 0 N–H and O–H groups in total. The van der Waals surface area contributed by atoms with E-state index in [0.29, 0.717) is 19.3 Å². The topological polar surface area (TPSA) is 78.9 Å². The number of allylic oxidation sites excluding steroid dienone is 4. The zero-order chi connectivity index (χ0) is 44.4. The van der Waals surface area contributed by atoms with Crippen molar-refractivity contribution in [2.75, 3.05) is 13.2 Å². The van der Waals surface area contributed by atoms with Crippen LogP contribution in [0.4, 0.5) is 0 Å². The average Bonchev–Trinajstić information content (AvgIpc) is 3.26. The first-order valence-electron chi connectivity index (χ1n) is 26.8. The summed E-state index contributed by atoms with van der Waals surface area (Å²) in [5.74, 6) is -0.879. The predicted molar refractivity (Wildman–Crippen MR) is 261 cm³/mol. The van der Waals surface area contributed by atoms with Crippen molar-refractivity contribution in [3.05, 3.63) is 24.3 Å². The molecule has 6 nitrogen and oxygen atoms in total. The summed E-state index contributed by atoms with van der Waals surface area (Å²) in [6.45, 7) is 6.61. The van der Waals surface area contributed by atoms with Crippen molar-refractivity contribution < 1.29 is 28.6 Å². The molecule has 0 aliphatic rings. The molecule has 0 bridgehead atoms. The van der Waals surface area contributed by atoms with Gasteiger partial charge in [-0.05, 0) is 70.6 Å². The van der Waals surface area contributed by atoms with Gasteiger partial charge < -0.3 is 14.2 Å². The maximum absolute atomic E-state index is 12.8. The molecule has 0 radical (unpaired) electrons. The molecule has 1 atom stereocenters. The predicted octanol–water partition coefficient (Wildman–Crippen LogP) is 17.5. The Kier molecular flexibility index (Phi) is 48.8. The Morgan fingerprint density at radius 3 is 0.852 bits per heavy atom. The first kappa shape index (κ1) is 58.9. The summed E-state index contributed by atoms with van der Waals surface area (Å²) in [6, 6.07) is 0. The van der Waals surface area contributed by atoms with Gasteiger partial charge in [0.1, 0.15) is 13.2 Å². The van der Waals surface area contributed by atoms with E-state index in [1.54, 1.807) is 0 Å². The van der Waals surface area contributed by atoms with E-state index in [9.17, 15) is 14.4 Å². The maximum atomic E-state index is 12.8. The summed E-state index contributed by atoms with van der Waals surface area (Å²) in [7, 11) is 0. The molecule has 0 saturated carbocycles. The van der Waals surface area contributed by atoms with Crippen molar-refractivity contribution in [1.29, 1.82) is 0 Å². The van der Waals surface area contributed by atoms with E-state index < -0.39 is 6.10 Å². The molecule has 0 amide bonds. The number of hydrogen-bond acceptors (Lipinski definition) is 6. The standard InChI is InChI=1S/C55H102O6/c1-4-7-10-13-16-19-22-25-26-27-28-29-30-31-34-36-39-42-45-48-54(57)60-51-52(61-55(58)49-46-43-40-37-33-24-21-18-15-12-9-6-3)50-59-53(56)47-44-41-38-35-32-23-20-17-14-11-8-5-2/h17-18,20-21,52H,4-16,19,22-51H2,1-3H3/b20-17-,21-18-/t52-/m1/s1. The Balaban J connectivity index is 4.28. The molecule has 0 unspecified atom stereocenters. The van der Waals surface area contributed by atoms with E-state index in [2.05, 4.69) is 45.1 Å². The van der Waals surface area contributed by atoms with Crippen molar-refractivity contribution in [1.82, 2.24) is 0 Å². The Morgan fingerprint density at radius 2 is 0.541 bits per heavy atom. The van der Waals surface area contributed by atoms with Crippen LogP contribution in [0.25, 0.3) is 0 Å². The van der Waals surface area contributed by atoms with Gasteiger partial charge in [0.25, 0.3) is 0 Å². The molecule has 0 saturated heterocycles. The molecule has 0 aromatic rings. The second-order valence-electron chi connectivity index (χ2n) is 18.1. The highest BCUT2D eigenvalue weighted by Crippen LogP contribution is 2.16. The van der Waals surface area contributed by atoms with Gasteiger partial charge in [-0.15, -0.1) is 0 Å². The van der Waals surface area contributed by atoms with Crippen LogP contribution >= 0.6 is 0 Å². The third-order valence-electron chi connectivity index (χ3n) is 11.9. The van der Waals surface area contributed by atoms with E-state index in [1.807, 2.05) is 0 Å². The van der Waals surface area contributed by atoms with Gasteiger partial charge in [-0.2, -0.15) is 0 Å². The highest BCUT2D eigenvalue weighted by Gasteiger charge is 2.19. The van der Waals surface area contributed by atoms with Crippen molar-refractivity contribution >= 4 is 17.9 Å². The molecule has 0 aromatic carbocycles. The third kappa shape index (κ3) is 48.8. The van der Waals surface area contributed by atoms with E-state index in [4.69, 9.17) is 14.2 Å². The summed E-state index contributed by atoms with van der Waals surface area (Å²) in [5, 5.41) is 0. The molecule has 61 heavy (non-hydrogen) atoms. The summed E-state index contributed by atoms with van der Waals surface area (Å²) >= 11 is 0. The largest absolute Gasteiger partial charge is 0.462 e. The lowest BCUT2D eigenvalue weighted by Gasteiger charge is -2.18. The zero-order valence-electron chi connectivity index (χ0n) is 40.9. The molecule has 0 aliphatic heterocycles.